The van der Waals surface area contributed by atoms with Gasteiger partial charge in [0.15, 0.2) is 0 Å². The molecule has 1 unspecified atom stereocenters. The number of anilines is 1. The van der Waals surface area contributed by atoms with Gasteiger partial charge in [-0.3, -0.25) is 9.48 Å². The normalized spacial score (nSPS) is 14.3. The summed E-state index contributed by atoms with van der Waals surface area (Å²) in [6.45, 7) is 3.11. The lowest BCUT2D eigenvalue weighted by Crippen LogP contribution is -2.32. The Kier molecular flexibility index (Phi) is 4.80. The molecule has 0 bridgehead atoms. The average Bonchev–Trinajstić information content (AvgIpc) is 3.05. The van der Waals surface area contributed by atoms with Crippen molar-refractivity contribution in [1.29, 1.82) is 5.26 Å². The third-order valence-corrected chi connectivity index (χ3v) is 4.22. The van der Waals surface area contributed by atoms with Crippen LogP contribution in [0.25, 0.3) is 0 Å². The Morgan fingerprint density at radius 1 is 1.38 bits per heavy atom. The first-order chi connectivity index (χ1) is 11.7. The van der Waals surface area contributed by atoms with Gasteiger partial charge in [-0.25, -0.2) is 0 Å². The number of aromatic nitrogens is 2. The molecule has 24 heavy (non-hydrogen) atoms. The molecule has 1 aliphatic heterocycles. The van der Waals surface area contributed by atoms with Crippen molar-refractivity contribution in [2.45, 2.75) is 38.8 Å². The molecule has 1 aliphatic rings. The van der Waals surface area contributed by atoms with E-state index in [1.165, 1.54) is 18.5 Å². The molecule has 6 nitrogen and oxygen atoms in total. The summed E-state index contributed by atoms with van der Waals surface area (Å²) in [7, 11) is 0. The number of carbonyl (C=O) groups is 1. The number of nitriles is 1. The van der Waals surface area contributed by atoms with Crippen LogP contribution in [0.5, 0.6) is 0 Å². The smallest absolute Gasteiger partial charge is 0.239 e. The lowest BCUT2D eigenvalue weighted by Gasteiger charge is -2.13. The number of rotatable bonds is 5. The van der Waals surface area contributed by atoms with Crippen molar-refractivity contribution in [3.63, 3.8) is 0 Å². The largest absolute Gasteiger partial charge is 0.376 e. The Balaban J connectivity index is 1.52. The highest BCUT2D eigenvalue weighted by Crippen LogP contribution is 2.19. The monoisotopic (exact) mass is 323 g/mol. The number of nitrogens with zero attached hydrogens (tertiary/aromatic N) is 3. The number of aryl methyl sites for hydroxylation is 2. The predicted molar refractivity (Wildman–Crippen MR) is 91.4 cm³/mol. The second-order valence-electron chi connectivity index (χ2n) is 6.07. The fourth-order valence-electron chi connectivity index (χ4n) is 2.86. The maximum absolute atomic E-state index is 12.1. The minimum atomic E-state index is -0.113. The van der Waals surface area contributed by atoms with Gasteiger partial charge in [-0.1, -0.05) is 0 Å². The van der Waals surface area contributed by atoms with Gasteiger partial charge < -0.3 is 10.6 Å². The van der Waals surface area contributed by atoms with Crippen LogP contribution in [-0.4, -0.2) is 22.2 Å². The van der Waals surface area contributed by atoms with E-state index < -0.39 is 0 Å². The molecule has 0 aliphatic carbocycles. The Hall–Kier alpha value is -2.81. The standard InChI is InChI=1S/C18H21N5O/c1-13(17-10-16-4-2-3-9-23(16)22-17)21-18(24)12-20-15-7-5-14(11-19)6-8-15/h5-8,10,13,20H,2-4,9,12H2,1H3,(H,21,24). The van der Waals surface area contributed by atoms with Gasteiger partial charge in [0.2, 0.25) is 5.91 Å². The lowest BCUT2D eigenvalue weighted by atomic mass is 10.1. The maximum atomic E-state index is 12.1. The van der Waals surface area contributed by atoms with Crippen LogP contribution in [0, 0.1) is 11.3 Å². The molecule has 0 saturated carbocycles. The SMILES string of the molecule is CC(NC(=O)CNc1ccc(C#N)cc1)c1cc2n(n1)CCCC2. The highest BCUT2D eigenvalue weighted by molar-refractivity contribution is 5.81. The second-order valence-corrected chi connectivity index (χ2v) is 6.07. The third-order valence-electron chi connectivity index (χ3n) is 4.22. The first-order valence-corrected chi connectivity index (χ1v) is 8.26. The Labute approximate surface area is 141 Å². The van der Waals surface area contributed by atoms with Crippen molar-refractivity contribution in [3.05, 3.63) is 47.3 Å². The second kappa shape index (κ2) is 7.18. The number of carbonyl (C=O) groups excluding carboxylic acids is 1. The van der Waals surface area contributed by atoms with Crippen LogP contribution in [0.3, 0.4) is 0 Å². The van der Waals surface area contributed by atoms with E-state index in [-0.39, 0.29) is 18.5 Å². The molecule has 2 aromatic rings. The molecule has 1 amide bonds. The first kappa shape index (κ1) is 16.1. The van der Waals surface area contributed by atoms with Gasteiger partial charge in [0.1, 0.15) is 0 Å². The van der Waals surface area contributed by atoms with Gasteiger partial charge in [-0.15, -0.1) is 0 Å². The van der Waals surface area contributed by atoms with Crippen LogP contribution in [0.4, 0.5) is 5.69 Å². The first-order valence-electron chi connectivity index (χ1n) is 8.26. The van der Waals surface area contributed by atoms with E-state index >= 15 is 0 Å². The van der Waals surface area contributed by atoms with Crippen molar-refractivity contribution in [3.8, 4) is 6.07 Å². The van der Waals surface area contributed by atoms with Crippen molar-refractivity contribution in [2.24, 2.45) is 0 Å². The van der Waals surface area contributed by atoms with E-state index in [0.29, 0.717) is 5.56 Å². The number of fused-ring (bicyclic) bond motifs is 1. The van der Waals surface area contributed by atoms with Crippen LogP contribution >= 0.6 is 0 Å². The number of hydrogen-bond donors (Lipinski definition) is 2. The molecule has 0 fully saturated rings. The average molecular weight is 323 g/mol. The highest BCUT2D eigenvalue weighted by atomic mass is 16.1. The van der Waals surface area contributed by atoms with Crippen LogP contribution in [-0.2, 0) is 17.8 Å². The van der Waals surface area contributed by atoms with E-state index in [1.54, 1.807) is 24.3 Å². The summed E-state index contributed by atoms with van der Waals surface area (Å²) in [5, 5.41) is 19.4. The quantitative estimate of drug-likeness (QED) is 0.885. The molecular weight excluding hydrogens is 302 g/mol. The summed E-state index contributed by atoms with van der Waals surface area (Å²) in [4.78, 5) is 12.1. The third kappa shape index (κ3) is 3.74. The van der Waals surface area contributed by atoms with Crippen molar-refractivity contribution in [1.82, 2.24) is 15.1 Å². The van der Waals surface area contributed by atoms with E-state index in [9.17, 15) is 4.79 Å². The minimum absolute atomic E-state index is 0.0853. The molecule has 6 heteroatoms. The minimum Gasteiger partial charge on any atom is -0.376 e. The topological polar surface area (TPSA) is 82.7 Å². The molecule has 1 aromatic carbocycles. The zero-order valence-electron chi connectivity index (χ0n) is 13.7. The van der Waals surface area contributed by atoms with E-state index in [1.807, 2.05) is 6.92 Å². The van der Waals surface area contributed by atoms with Crippen molar-refractivity contribution in [2.75, 3.05) is 11.9 Å². The van der Waals surface area contributed by atoms with Gasteiger partial charge in [0.05, 0.1) is 29.9 Å². The summed E-state index contributed by atoms with van der Waals surface area (Å²) >= 11 is 0. The van der Waals surface area contributed by atoms with Gasteiger partial charge >= 0.3 is 0 Å². The van der Waals surface area contributed by atoms with Gasteiger partial charge in [0, 0.05) is 17.9 Å². The lowest BCUT2D eigenvalue weighted by molar-refractivity contribution is -0.120. The summed E-state index contributed by atoms with van der Waals surface area (Å²) in [6, 6.07) is 11.1. The molecule has 0 spiro atoms. The summed E-state index contributed by atoms with van der Waals surface area (Å²) in [5.74, 6) is -0.0853. The van der Waals surface area contributed by atoms with Gasteiger partial charge in [-0.2, -0.15) is 10.4 Å². The Bertz CT molecular complexity index is 733. The van der Waals surface area contributed by atoms with Crippen LogP contribution in [0.1, 0.15) is 42.8 Å². The molecule has 0 radical (unpaired) electrons. The van der Waals surface area contributed by atoms with E-state index in [0.717, 1.165) is 24.3 Å². The van der Waals surface area contributed by atoms with E-state index in [4.69, 9.17) is 5.26 Å². The highest BCUT2D eigenvalue weighted by Gasteiger charge is 2.17. The summed E-state index contributed by atoms with van der Waals surface area (Å²) in [6.07, 6.45) is 3.44. The predicted octanol–water partition coefficient (Wildman–Crippen LogP) is 2.38. The number of nitrogens with one attached hydrogen (secondary N) is 2. The van der Waals surface area contributed by atoms with E-state index in [2.05, 4.69) is 32.5 Å². The number of benzene rings is 1. The molecule has 124 valence electrons. The molecule has 1 aromatic heterocycles. The zero-order valence-corrected chi connectivity index (χ0v) is 13.7. The van der Waals surface area contributed by atoms with Crippen molar-refractivity contribution < 1.29 is 4.79 Å². The molecule has 0 saturated heterocycles. The molecular formula is C18H21N5O. The van der Waals surface area contributed by atoms with Crippen LogP contribution < -0.4 is 10.6 Å². The van der Waals surface area contributed by atoms with Gasteiger partial charge in [-0.05, 0) is 56.5 Å². The van der Waals surface area contributed by atoms with Crippen LogP contribution in [0.15, 0.2) is 30.3 Å². The molecule has 3 rings (SSSR count). The molecule has 2 N–H and O–H groups in total. The summed E-state index contributed by atoms with van der Waals surface area (Å²) in [5.41, 5.74) is 3.59. The molecule has 2 heterocycles. The fraction of sp³-hybridized carbons (Fsp3) is 0.389. The number of amides is 1. The number of hydrogen-bond acceptors (Lipinski definition) is 4. The van der Waals surface area contributed by atoms with Gasteiger partial charge in [0.25, 0.3) is 0 Å². The van der Waals surface area contributed by atoms with Crippen LogP contribution in [0.2, 0.25) is 0 Å². The summed E-state index contributed by atoms with van der Waals surface area (Å²) < 4.78 is 2.05. The Morgan fingerprint density at radius 2 is 2.17 bits per heavy atom. The zero-order chi connectivity index (χ0) is 16.9. The molecule has 1 atom stereocenters. The Morgan fingerprint density at radius 3 is 2.88 bits per heavy atom. The maximum Gasteiger partial charge on any atom is 0.239 e. The fourth-order valence-corrected chi connectivity index (χ4v) is 2.86. The van der Waals surface area contributed by atoms with Crippen molar-refractivity contribution >= 4 is 11.6 Å².